The summed E-state index contributed by atoms with van der Waals surface area (Å²) in [4.78, 5) is 0. The molecule has 0 atom stereocenters. The van der Waals surface area contributed by atoms with Gasteiger partial charge in [-0.1, -0.05) is 194 Å². The van der Waals surface area contributed by atoms with Gasteiger partial charge in [-0.3, -0.25) is 0 Å². The lowest BCUT2D eigenvalue weighted by molar-refractivity contribution is 1.59. The zero-order valence-electron chi connectivity index (χ0n) is 32.9. The van der Waals surface area contributed by atoms with Crippen molar-refractivity contribution in [3.05, 3.63) is 231 Å². The molecule has 0 saturated heterocycles. The van der Waals surface area contributed by atoms with E-state index in [0.717, 1.165) is 0 Å². The average molecular weight is 759 g/mol. The molecule has 0 N–H and O–H groups in total. The van der Waals surface area contributed by atoms with Gasteiger partial charge in [0.05, 0.1) is 0 Å². The number of hydrogen-bond donors (Lipinski definition) is 0. The molecule has 0 unspecified atom stereocenters. The van der Waals surface area contributed by atoms with Crippen LogP contribution in [0, 0.1) is 0 Å². The summed E-state index contributed by atoms with van der Waals surface area (Å²) in [5.74, 6) is 0. The molecule has 60 heavy (non-hydrogen) atoms. The topological polar surface area (TPSA) is 0 Å². The molecule has 0 aliphatic rings. The predicted octanol–water partition coefficient (Wildman–Crippen LogP) is 16.9. The van der Waals surface area contributed by atoms with Crippen molar-refractivity contribution in [1.82, 2.24) is 0 Å². The van der Waals surface area contributed by atoms with E-state index in [-0.39, 0.29) is 0 Å². The third-order valence-corrected chi connectivity index (χ3v) is 12.6. The summed E-state index contributed by atoms with van der Waals surface area (Å²) >= 11 is 0. The summed E-state index contributed by atoms with van der Waals surface area (Å²) in [6.45, 7) is 0. The summed E-state index contributed by atoms with van der Waals surface area (Å²) in [5.41, 5.74) is 12.3. The van der Waals surface area contributed by atoms with Crippen molar-refractivity contribution in [2.24, 2.45) is 0 Å². The van der Waals surface area contributed by atoms with E-state index >= 15 is 0 Å². The van der Waals surface area contributed by atoms with Gasteiger partial charge in [-0.25, -0.2) is 0 Å². The Balaban J connectivity index is 0.843. The molecule has 12 aromatic carbocycles. The fourth-order valence-corrected chi connectivity index (χ4v) is 9.60. The number of benzene rings is 12. The Morgan fingerprint density at radius 3 is 0.950 bits per heavy atom. The average Bonchev–Trinajstić information content (AvgIpc) is 3.33. The quantitative estimate of drug-likeness (QED) is 0.153. The molecule has 12 rings (SSSR count). The minimum atomic E-state index is 1.21. The first kappa shape index (κ1) is 34.3. The maximum Gasteiger partial charge on any atom is -0.00988 e. The van der Waals surface area contributed by atoms with Gasteiger partial charge in [0, 0.05) is 0 Å². The Labute approximate surface area is 349 Å². The molecule has 12 aromatic rings. The third kappa shape index (κ3) is 5.76. The van der Waals surface area contributed by atoms with Crippen LogP contribution in [0.25, 0.3) is 120 Å². The minimum Gasteiger partial charge on any atom is -0.0616 e. The Bertz CT molecular complexity index is 3640. The van der Waals surface area contributed by atoms with Gasteiger partial charge in [0.1, 0.15) is 0 Å². The normalized spacial score (nSPS) is 11.7. The number of fused-ring (bicyclic) bond motifs is 9. The molecule has 278 valence electrons. The van der Waals surface area contributed by atoms with Gasteiger partial charge in [-0.2, -0.15) is 0 Å². The van der Waals surface area contributed by atoms with E-state index < -0.39 is 0 Å². The molecular weight excluding hydrogens is 721 g/mol. The highest BCUT2D eigenvalue weighted by Crippen LogP contribution is 2.39. The third-order valence-electron chi connectivity index (χ3n) is 12.6. The fraction of sp³-hybridized carbons (Fsp3) is 0. The van der Waals surface area contributed by atoms with Crippen molar-refractivity contribution in [1.29, 1.82) is 0 Å². The molecule has 0 spiro atoms. The standard InChI is InChI=1S/C60H38/c1-3-17-51-47(11-1)37-59(57-21-7-5-19-55(51)57)45-15-9-13-41(33-45)39-23-25-40(26-24-39)43-29-31-53-49(35-43)27-28-50-36-44(30-32-54(50)53)42-14-10-16-46(34-42)60-38-48-12-2-4-18-52(48)56-20-6-8-22-58(56)60/h1-38H. The van der Waals surface area contributed by atoms with Crippen molar-refractivity contribution in [2.45, 2.75) is 0 Å². The van der Waals surface area contributed by atoms with Gasteiger partial charge in [-0.05, 0) is 157 Å². The van der Waals surface area contributed by atoms with E-state index in [1.165, 1.54) is 120 Å². The van der Waals surface area contributed by atoms with Crippen LogP contribution in [0.4, 0.5) is 0 Å². The van der Waals surface area contributed by atoms with E-state index in [0.29, 0.717) is 0 Å². The predicted molar refractivity (Wildman–Crippen MR) is 259 cm³/mol. The first-order valence-corrected chi connectivity index (χ1v) is 20.8. The fourth-order valence-electron chi connectivity index (χ4n) is 9.60. The molecule has 0 saturated carbocycles. The maximum absolute atomic E-state index is 2.35. The van der Waals surface area contributed by atoms with Crippen LogP contribution in [0.1, 0.15) is 0 Å². The van der Waals surface area contributed by atoms with Crippen molar-refractivity contribution in [3.63, 3.8) is 0 Å². The van der Waals surface area contributed by atoms with Crippen LogP contribution in [0.5, 0.6) is 0 Å². The number of rotatable bonds is 5. The molecule has 0 aliphatic carbocycles. The minimum absolute atomic E-state index is 1.21. The molecule has 0 aliphatic heterocycles. The maximum atomic E-state index is 2.35. The monoisotopic (exact) mass is 758 g/mol. The second-order valence-corrected chi connectivity index (χ2v) is 16.1. The molecule has 0 aromatic heterocycles. The summed E-state index contributed by atoms with van der Waals surface area (Å²) in [5, 5.41) is 15.3. The van der Waals surface area contributed by atoms with Crippen LogP contribution in [0.3, 0.4) is 0 Å². The van der Waals surface area contributed by atoms with Crippen LogP contribution in [-0.2, 0) is 0 Å². The van der Waals surface area contributed by atoms with Crippen molar-refractivity contribution in [3.8, 4) is 55.6 Å². The second-order valence-electron chi connectivity index (χ2n) is 16.1. The van der Waals surface area contributed by atoms with Gasteiger partial charge in [0.2, 0.25) is 0 Å². The molecule has 0 radical (unpaired) electrons. The zero-order chi connectivity index (χ0) is 39.6. The highest BCUT2D eigenvalue weighted by molar-refractivity contribution is 6.15. The molecule has 0 nitrogen and oxygen atoms in total. The van der Waals surface area contributed by atoms with Crippen molar-refractivity contribution >= 4 is 64.6 Å². The van der Waals surface area contributed by atoms with Gasteiger partial charge < -0.3 is 0 Å². The van der Waals surface area contributed by atoms with Gasteiger partial charge in [0.25, 0.3) is 0 Å². The van der Waals surface area contributed by atoms with E-state index in [9.17, 15) is 0 Å². The summed E-state index contributed by atoms with van der Waals surface area (Å²) in [6, 6.07) is 85.0. The second kappa shape index (κ2) is 13.9. The van der Waals surface area contributed by atoms with Crippen LogP contribution >= 0.6 is 0 Å². The Morgan fingerprint density at radius 1 is 0.150 bits per heavy atom. The largest absolute Gasteiger partial charge is 0.0616 e. The highest BCUT2D eigenvalue weighted by atomic mass is 14.2. The Morgan fingerprint density at radius 2 is 0.467 bits per heavy atom. The first-order valence-electron chi connectivity index (χ1n) is 20.8. The lowest BCUT2D eigenvalue weighted by Gasteiger charge is -2.13. The van der Waals surface area contributed by atoms with Gasteiger partial charge >= 0.3 is 0 Å². The molecule has 0 heterocycles. The lowest BCUT2D eigenvalue weighted by atomic mass is 9.91. The Kier molecular flexibility index (Phi) is 7.96. The van der Waals surface area contributed by atoms with E-state index in [1.807, 2.05) is 0 Å². The Hall–Kier alpha value is -7.80. The van der Waals surface area contributed by atoms with Gasteiger partial charge in [-0.15, -0.1) is 0 Å². The van der Waals surface area contributed by atoms with E-state index in [1.54, 1.807) is 0 Å². The van der Waals surface area contributed by atoms with Crippen LogP contribution in [0.15, 0.2) is 231 Å². The van der Waals surface area contributed by atoms with E-state index in [2.05, 4.69) is 231 Å². The molecule has 0 fully saturated rings. The smallest absolute Gasteiger partial charge is 0.00988 e. The van der Waals surface area contributed by atoms with Crippen LogP contribution in [-0.4, -0.2) is 0 Å². The van der Waals surface area contributed by atoms with Gasteiger partial charge in [0.15, 0.2) is 0 Å². The SMILES string of the molecule is c1cc(-c2ccc(-c3ccc4c(ccc5cc(-c6cccc(-c7cc8ccccc8c8ccccc78)c6)ccc54)c3)cc2)cc(-c2cc3ccccc3c3ccccc23)c1. The molecule has 0 amide bonds. The summed E-state index contributed by atoms with van der Waals surface area (Å²) in [7, 11) is 0. The lowest BCUT2D eigenvalue weighted by Crippen LogP contribution is -1.87. The van der Waals surface area contributed by atoms with Crippen molar-refractivity contribution in [2.75, 3.05) is 0 Å². The van der Waals surface area contributed by atoms with Crippen LogP contribution < -0.4 is 0 Å². The summed E-state index contributed by atoms with van der Waals surface area (Å²) in [6.07, 6.45) is 0. The molecule has 0 bridgehead atoms. The van der Waals surface area contributed by atoms with E-state index in [4.69, 9.17) is 0 Å². The molecular formula is C60H38. The first-order chi connectivity index (χ1) is 29.7. The highest BCUT2D eigenvalue weighted by Gasteiger charge is 2.13. The number of hydrogen-bond acceptors (Lipinski definition) is 0. The molecule has 0 heteroatoms. The zero-order valence-corrected chi connectivity index (χ0v) is 32.9. The van der Waals surface area contributed by atoms with Crippen LogP contribution in [0.2, 0.25) is 0 Å². The van der Waals surface area contributed by atoms with Crippen molar-refractivity contribution < 1.29 is 0 Å². The summed E-state index contributed by atoms with van der Waals surface area (Å²) < 4.78 is 0.